The van der Waals surface area contributed by atoms with Crippen LogP contribution >= 0.6 is 0 Å². The fraction of sp³-hybridized carbons (Fsp3) is 0.333. The molecule has 6 nitrogen and oxygen atoms in total. The van der Waals surface area contributed by atoms with E-state index in [0.29, 0.717) is 18.7 Å². The van der Waals surface area contributed by atoms with E-state index in [9.17, 15) is 4.79 Å². The van der Waals surface area contributed by atoms with E-state index in [-0.39, 0.29) is 5.91 Å². The molecule has 0 unspecified atom stereocenters. The third-order valence-corrected chi connectivity index (χ3v) is 2.86. The second-order valence-electron chi connectivity index (χ2n) is 4.59. The fourth-order valence-corrected chi connectivity index (χ4v) is 1.84. The molecule has 0 aliphatic heterocycles. The zero-order valence-corrected chi connectivity index (χ0v) is 12.3. The monoisotopic (exact) mass is 285 g/mol. The number of carbonyl (C=O) groups is 1. The van der Waals surface area contributed by atoms with E-state index in [4.69, 9.17) is 0 Å². The summed E-state index contributed by atoms with van der Waals surface area (Å²) in [6.45, 7) is 5.08. The molecule has 0 saturated carbocycles. The van der Waals surface area contributed by atoms with Crippen LogP contribution in [0.3, 0.4) is 0 Å². The lowest BCUT2D eigenvalue weighted by atomic mass is 10.3. The maximum absolute atomic E-state index is 11.8. The average Bonchev–Trinajstić information content (AvgIpc) is 2.51. The molecule has 2 rings (SSSR count). The molecule has 2 heterocycles. The normalized spacial score (nSPS) is 10.2. The Morgan fingerprint density at radius 1 is 1.29 bits per heavy atom. The van der Waals surface area contributed by atoms with Gasteiger partial charge in [-0.25, -0.2) is 9.97 Å². The molecule has 2 N–H and O–H groups in total. The minimum absolute atomic E-state index is 0.127. The summed E-state index contributed by atoms with van der Waals surface area (Å²) in [5.74, 6) is 1.48. The van der Waals surface area contributed by atoms with Gasteiger partial charge >= 0.3 is 0 Å². The highest BCUT2D eigenvalue weighted by atomic mass is 16.1. The van der Waals surface area contributed by atoms with Gasteiger partial charge in [0.05, 0.1) is 5.56 Å². The molecular formula is C15H19N5O. The predicted octanol–water partition coefficient (Wildman–Crippen LogP) is 1.58. The standard InChI is InChI=1S/C15H19N5O/c1-3-13-19-11(2)9-14(20-13)17-7-8-18-15(21)12-5-4-6-16-10-12/h4-6,9-10H,3,7-8H2,1-2H3,(H,18,21)(H,17,19,20). The third-order valence-electron chi connectivity index (χ3n) is 2.86. The quantitative estimate of drug-likeness (QED) is 0.788. The first-order valence-corrected chi connectivity index (χ1v) is 6.95. The molecule has 0 atom stereocenters. The van der Waals surface area contributed by atoms with Gasteiger partial charge in [-0.3, -0.25) is 9.78 Å². The van der Waals surface area contributed by atoms with Gasteiger partial charge in [-0.05, 0) is 19.1 Å². The number of carbonyl (C=O) groups excluding carboxylic acids is 1. The van der Waals surface area contributed by atoms with Crippen LogP contribution in [-0.2, 0) is 6.42 Å². The first-order chi connectivity index (χ1) is 10.2. The summed E-state index contributed by atoms with van der Waals surface area (Å²) in [5.41, 5.74) is 1.49. The van der Waals surface area contributed by atoms with Gasteiger partial charge in [0.25, 0.3) is 5.91 Å². The Balaban J connectivity index is 1.80. The zero-order chi connectivity index (χ0) is 15.1. The van der Waals surface area contributed by atoms with Gasteiger partial charge in [-0.15, -0.1) is 0 Å². The van der Waals surface area contributed by atoms with Gasteiger partial charge in [0.2, 0.25) is 0 Å². The molecule has 2 aromatic rings. The van der Waals surface area contributed by atoms with E-state index in [1.165, 1.54) is 0 Å². The van der Waals surface area contributed by atoms with Crippen molar-refractivity contribution in [1.82, 2.24) is 20.3 Å². The fourth-order valence-electron chi connectivity index (χ4n) is 1.84. The van der Waals surface area contributed by atoms with Crippen LogP contribution in [0, 0.1) is 6.92 Å². The minimum atomic E-state index is -0.127. The van der Waals surface area contributed by atoms with Crippen LogP contribution in [-0.4, -0.2) is 33.9 Å². The predicted molar refractivity (Wildman–Crippen MR) is 81.2 cm³/mol. The number of nitrogens with one attached hydrogen (secondary N) is 2. The van der Waals surface area contributed by atoms with Crippen molar-refractivity contribution < 1.29 is 4.79 Å². The Bertz CT molecular complexity index is 600. The molecule has 0 spiro atoms. The van der Waals surface area contributed by atoms with E-state index < -0.39 is 0 Å². The van der Waals surface area contributed by atoms with Gasteiger partial charge in [-0.2, -0.15) is 0 Å². The molecule has 0 aromatic carbocycles. The molecule has 0 fully saturated rings. The van der Waals surface area contributed by atoms with Gasteiger partial charge in [0.1, 0.15) is 11.6 Å². The molecule has 0 aliphatic carbocycles. The molecule has 0 aliphatic rings. The number of pyridine rings is 1. The maximum atomic E-state index is 11.8. The van der Waals surface area contributed by atoms with Crippen molar-refractivity contribution in [3.63, 3.8) is 0 Å². The molecule has 0 saturated heterocycles. The van der Waals surface area contributed by atoms with Crippen LogP contribution < -0.4 is 10.6 Å². The number of hydrogen-bond donors (Lipinski definition) is 2. The second-order valence-corrected chi connectivity index (χ2v) is 4.59. The lowest BCUT2D eigenvalue weighted by Crippen LogP contribution is -2.29. The van der Waals surface area contributed by atoms with Crippen molar-refractivity contribution in [1.29, 1.82) is 0 Å². The molecule has 0 radical (unpaired) electrons. The van der Waals surface area contributed by atoms with E-state index >= 15 is 0 Å². The molecule has 0 bridgehead atoms. The van der Waals surface area contributed by atoms with Crippen molar-refractivity contribution in [2.75, 3.05) is 18.4 Å². The number of nitrogens with zero attached hydrogens (tertiary/aromatic N) is 3. The van der Waals surface area contributed by atoms with Gasteiger partial charge in [0.15, 0.2) is 0 Å². The van der Waals surface area contributed by atoms with E-state index in [1.54, 1.807) is 24.5 Å². The van der Waals surface area contributed by atoms with Crippen LogP contribution in [0.5, 0.6) is 0 Å². The SMILES string of the molecule is CCc1nc(C)cc(NCCNC(=O)c2cccnc2)n1. The minimum Gasteiger partial charge on any atom is -0.368 e. The van der Waals surface area contributed by atoms with Crippen LogP contribution in [0.15, 0.2) is 30.6 Å². The van der Waals surface area contributed by atoms with Crippen molar-refractivity contribution in [2.24, 2.45) is 0 Å². The summed E-state index contributed by atoms with van der Waals surface area (Å²) in [5, 5.41) is 6.01. The molecule has 6 heteroatoms. The van der Waals surface area contributed by atoms with E-state index in [2.05, 4.69) is 25.6 Å². The van der Waals surface area contributed by atoms with Crippen molar-refractivity contribution in [3.05, 3.63) is 47.7 Å². The van der Waals surface area contributed by atoms with E-state index in [1.807, 2.05) is 19.9 Å². The van der Waals surface area contributed by atoms with Gasteiger partial charge in [0, 0.05) is 43.7 Å². The number of aromatic nitrogens is 3. The summed E-state index contributed by atoms with van der Waals surface area (Å²) in [6.07, 6.45) is 3.99. The highest BCUT2D eigenvalue weighted by Gasteiger charge is 2.04. The van der Waals surface area contributed by atoms with Gasteiger partial charge < -0.3 is 10.6 Å². The third kappa shape index (κ3) is 4.52. The number of amides is 1. The number of aryl methyl sites for hydroxylation is 2. The first kappa shape index (κ1) is 14.9. The van der Waals surface area contributed by atoms with Gasteiger partial charge in [-0.1, -0.05) is 6.92 Å². The molecule has 1 amide bonds. The van der Waals surface area contributed by atoms with Crippen LogP contribution in [0.25, 0.3) is 0 Å². The highest BCUT2D eigenvalue weighted by Crippen LogP contribution is 2.06. The van der Waals surface area contributed by atoms with Crippen molar-refractivity contribution in [3.8, 4) is 0 Å². The highest BCUT2D eigenvalue weighted by molar-refractivity contribution is 5.93. The summed E-state index contributed by atoms with van der Waals surface area (Å²) in [4.78, 5) is 24.4. The summed E-state index contributed by atoms with van der Waals surface area (Å²) in [6, 6.07) is 5.36. The second kappa shape index (κ2) is 7.33. The number of anilines is 1. The first-order valence-electron chi connectivity index (χ1n) is 6.95. The van der Waals surface area contributed by atoms with Crippen LogP contribution in [0.1, 0.15) is 28.8 Å². The van der Waals surface area contributed by atoms with Crippen molar-refractivity contribution >= 4 is 11.7 Å². The largest absolute Gasteiger partial charge is 0.368 e. The molecule has 2 aromatic heterocycles. The lowest BCUT2D eigenvalue weighted by molar-refractivity contribution is 0.0955. The molecular weight excluding hydrogens is 266 g/mol. The van der Waals surface area contributed by atoms with Crippen LogP contribution in [0.2, 0.25) is 0 Å². The number of hydrogen-bond acceptors (Lipinski definition) is 5. The molecule has 21 heavy (non-hydrogen) atoms. The van der Waals surface area contributed by atoms with Crippen molar-refractivity contribution in [2.45, 2.75) is 20.3 Å². The Kier molecular flexibility index (Phi) is 5.20. The summed E-state index contributed by atoms with van der Waals surface area (Å²) >= 11 is 0. The topological polar surface area (TPSA) is 79.8 Å². The lowest BCUT2D eigenvalue weighted by Gasteiger charge is -2.09. The Morgan fingerprint density at radius 2 is 2.14 bits per heavy atom. The number of rotatable bonds is 6. The Morgan fingerprint density at radius 3 is 2.86 bits per heavy atom. The Hall–Kier alpha value is -2.50. The summed E-state index contributed by atoms with van der Waals surface area (Å²) < 4.78 is 0. The smallest absolute Gasteiger partial charge is 0.252 e. The average molecular weight is 285 g/mol. The zero-order valence-electron chi connectivity index (χ0n) is 12.3. The van der Waals surface area contributed by atoms with E-state index in [0.717, 1.165) is 23.8 Å². The maximum Gasteiger partial charge on any atom is 0.252 e. The Labute approximate surface area is 124 Å². The van der Waals surface area contributed by atoms with Crippen LogP contribution in [0.4, 0.5) is 5.82 Å². The summed E-state index contributed by atoms with van der Waals surface area (Å²) in [7, 11) is 0. The molecule has 110 valence electrons.